The molecule has 0 aromatic heterocycles. The summed E-state index contributed by atoms with van der Waals surface area (Å²) in [4.78, 5) is 64.1. The van der Waals surface area contributed by atoms with Gasteiger partial charge >= 0.3 is 12.1 Å². The first-order valence-electron chi connectivity index (χ1n) is 14.2. The molecule has 6 amide bonds. The molecule has 0 N–H and O–H groups in total. The number of carbonyl (C=O) groups excluding carboxylic acids is 4. The van der Waals surface area contributed by atoms with E-state index in [1.807, 2.05) is 6.07 Å². The number of imide groups is 2. The van der Waals surface area contributed by atoms with Crippen LogP contribution in [0.5, 0.6) is 0 Å². The molecule has 5 aromatic carbocycles. The van der Waals surface area contributed by atoms with Crippen LogP contribution in [0.2, 0.25) is 0 Å². The third kappa shape index (κ3) is 3.92. The molecule has 2 aliphatic rings. The SMILES string of the molecule is O=C1[C@@H]([C@@]2(c3ccccc3)C(=O)N(c3ccccc3)C(=O)N2c2ccccc2)N(c2ccccc2)C(=O)N1c1ccccc1. The minimum absolute atomic E-state index is 0.351. The molecule has 2 saturated heterocycles. The molecular weight excluding hydrogens is 552 g/mol. The molecule has 0 radical (unpaired) electrons. The number of benzene rings is 5. The van der Waals surface area contributed by atoms with Gasteiger partial charge < -0.3 is 0 Å². The number of hydrogen-bond acceptors (Lipinski definition) is 4. The molecule has 8 heteroatoms. The first-order valence-corrected chi connectivity index (χ1v) is 14.2. The molecule has 8 nitrogen and oxygen atoms in total. The molecule has 0 bridgehead atoms. The summed E-state index contributed by atoms with van der Waals surface area (Å²) < 4.78 is 0. The van der Waals surface area contributed by atoms with E-state index in [1.54, 1.807) is 146 Å². The molecular formula is C36H26N4O4. The molecule has 0 aliphatic carbocycles. The van der Waals surface area contributed by atoms with Crippen molar-refractivity contribution >= 4 is 46.6 Å². The third-order valence-electron chi connectivity index (χ3n) is 8.06. The van der Waals surface area contributed by atoms with E-state index in [-0.39, 0.29) is 0 Å². The Morgan fingerprint density at radius 3 is 1.34 bits per heavy atom. The number of hydrogen-bond donors (Lipinski definition) is 0. The zero-order valence-electron chi connectivity index (χ0n) is 23.4. The van der Waals surface area contributed by atoms with Gasteiger partial charge in [0, 0.05) is 11.4 Å². The smallest absolute Gasteiger partial charge is 0.278 e. The van der Waals surface area contributed by atoms with Gasteiger partial charge in [0.1, 0.15) is 0 Å². The Bertz CT molecular complexity index is 1850. The summed E-state index contributed by atoms with van der Waals surface area (Å²) in [5.41, 5.74) is -0.0683. The van der Waals surface area contributed by atoms with Crippen LogP contribution in [-0.2, 0) is 15.1 Å². The molecule has 7 rings (SSSR count). The number of rotatable bonds is 6. The van der Waals surface area contributed by atoms with Crippen LogP contribution in [0, 0.1) is 0 Å². The minimum atomic E-state index is -1.98. The van der Waals surface area contributed by atoms with Crippen molar-refractivity contribution in [3.05, 3.63) is 157 Å². The molecule has 5 aromatic rings. The largest absolute Gasteiger partial charge is 0.337 e. The second-order valence-electron chi connectivity index (χ2n) is 10.5. The second kappa shape index (κ2) is 10.7. The Balaban J connectivity index is 1.57. The highest BCUT2D eigenvalue weighted by Gasteiger charge is 2.70. The quantitative estimate of drug-likeness (QED) is 0.213. The Kier molecular flexibility index (Phi) is 6.51. The van der Waals surface area contributed by atoms with Gasteiger partial charge in [-0.15, -0.1) is 0 Å². The van der Waals surface area contributed by atoms with Crippen molar-refractivity contribution < 1.29 is 19.2 Å². The zero-order valence-corrected chi connectivity index (χ0v) is 23.4. The van der Waals surface area contributed by atoms with Crippen molar-refractivity contribution in [1.29, 1.82) is 0 Å². The van der Waals surface area contributed by atoms with Crippen LogP contribution >= 0.6 is 0 Å². The predicted molar refractivity (Wildman–Crippen MR) is 168 cm³/mol. The van der Waals surface area contributed by atoms with Crippen molar-refractivity contribution in [3.8, 4) is 0 Å². The summed E-state index contributed by atoms with van der Waals surface area (Å²) >= 11 is 0. The lowest BCUT2D eigenvalue weighted by Gasteiger charge is -2.41. The minimum Gasteiger partial charge on any atom is -0.278 e. The first-order chi connectivity index (χ1) is 21.5. The summed E-state index contributed by atoms with van der Waals surface area (Å²) in [5, 5.41) is 0. The number of para-hydroxylation sites is 4. The van der Waals surface area contributed by atoms with Gasteiger partial charge in [0.2, 0.25) is 0 Å². The zero-order chi connectivity index (χ0) is 30.3. The number of urea groups is 2. The molecule has 2 fully saturated rings. The van der Waals surface area contributed by atoms with Crippen LogP contribution in [0.3, 0.4) is 0 Å². The maximum absolute atomic E-state index is 15.2. The summed E-state index contributed by atoms with van der Waals surface area (Å²) in [6.45, 7) is 0. The van der Waals surface area contributed by atoms with Gasteiger partial charge in [-0.3, -0.25) is 19.4 Å². The Morgan fingerprint density at radius 1 is 0.432 bits per heavy atom. The normalized spacial score (nSPS) is 20.1. The van der Waals surface area contributed by atoms with Gasteiger partial charge in [0.05, 0.1) is 11.4 Å². The van der Waals surface area contributed by atoms with E-state index in [0.29, 0.717) is 28.3 Å². The molecule has 44 heavy (non-hydrogen) atoms. The van der Waals surface area contributed by atoms with Crippen molar-refractivity contribution in [1.82, 2.24) is 0 Å². The third-order valence-corrected chi connectivity index (χ3v) is 8.06. The van der Waals surface area contributed by atoms with Gasteiger partial charge in [-0.1, -0.05) is 103 Å². The van der Waals surface area contributed by atoms with Gasteiger partial charge in [0.25, 0.3) is 11.8 Å². The van der Waals surface area contributed by atoms with Crippen molar-refractivity contribution in [2.24, 2.45) is 0 Å². The maximum Gasteiger partial charge on any atom is 0.337 e. The lowest BCUT2D eigenvalue weighted by atomic mass is 9.79. The highest BCUT2D eigenvalue weighted by molar-refractivity contribution is 6.36. The average molecular weight is 579 g/mol. The monoisotopic (exact) mass is 578 g/mol. The van der Waals surface area contributed by atoms with E-state index in [2.05, 4.69) is 0 Å². The highest BCUT2D eigenvalue weighted by atomic mass is 16.2. The Morgan fingerprint density at radius 2 is 0.841 bits per heavy atom. The predicted octanol–water partition coefficient (Wildman–Crippen LogP) is 6.60. The number of anilines is 4. The lowest BCUT2D eigenvalue weighted by Crippen LogP contribution is -2.63. The van der Waals surface area contributed by atoms with Gasteiger partial charge in [-0.25, -0.2) is 19.4 Å². The number of nitrogens with zero attached hydrogens (tertiary/aromatic N) is 4. The fraction of sp³-hybridized carbons (Fsp3) is 0.0556. The van der Waals surface area contributed by atoms with Gasteiger partial charge in [-0.2, -0.15) is 0 Å². The fourth-order valence-electron chi connectivity index (χ4n) is 6.22. The van der Waals surface area contributed by atoms with E-state index >= 15 is 4.79 Å². The second-order valence-corrected chi connectivity index (χ2v) is 10.5. The number of amides is 6. The molecule has 0 unspecified atom stereocenters. The lowest BCUT2D eigenvalue weighted by molar-refractivity contribution is -0.127. The Labute approximate surface area is 254 Å². The molecule has 0 saturated carbocycles. The first kappa shape index (κ1) is 26.9. The summed E-state index contributed by atoms with van der Waals surface area (Å²) in [5.74, 6) is -1.28. The van der Waals surface area contributed by atoms with Crippen molar-refractivity contribution in [3.63, 3.8) is 0 Å². The van der Waals surface area contributed by atoms with E-state index in [1.165, 1.54) is 9.80 Å². The Hall–Kier alpha value is -6.02. The molecule has 2 aliphatic heterocycles. The fourth-order valence-corrected chi connectivity index (χ4v) is 6.22. The van der Waals surface area contributed by atoms with Gasteiger partial charge in [0.15, 0.2) is 11.6 Å². The van der Waals surface area contributed by atoms with Crippen LogP contribution in [0.15, 0.2) is 152 Å². The number of carbonyl (C=O) groups is 4. The topological polar surface area (TPSA) is 81.2 Å². The summed E-state index contributed by atoms with van der Waals surface area (Å²) in [6, 6.07) is 40.8. The average Bonchev–Trinajstić information content (AvgIpc) is 3.48. The van der Waals surface area contributed by atoms with E-state index < -0.39 is 35.5 Å². The van der Waals surface area contributed by atoms with Crippen LogP contribution in [0.4, 0.5) is 32.3 Å². The maximum atomic E-state index is 15.2. The standard InChI is InChI=1S/C36H26N4O4/c41-32-31(37(27-18-8-2-9-19-27)34(43)38(32)28-20-10-3-11-21-28)36(26-16-6-1-7-17-26)33(42)39(29-22-12-4-13-23-29)35(44)40(36)30-24-14-5-15-25-30/h1-25,31H/t31-,36-/m0/s1. The van der Waals surface area contributed by atoms with Crippen molar-refractivity contribution in [2.75, 3.05) is 19.6 Å². The molecule has 2 atom stereocenters. The summed E-state index contributed by atoms with van der Waals surface area (Å²) in [6.07, 6.45) is 0. The molecule has 0 spiro atoms. The van der Waals surface area contributed by atoms with E-state index in [4.69, 9.17) is 0 Å². The van der Waals surface area contributed by atoms with Crippen LogP contribution in [0.25, 0.3) is 0 Å². The van der Waals surface area contributed by atoms with Gasteiger partial charge in [-0.05, 0) is 54.1 Å². The molecule has 214 valence electrons. The summed E-state index contributed by atoms with van der Waals surface area (Å²) in [7, 11) is 0. The van der Waals surface area contributed by atoms with E-state index in [9.17, 15) is 14.4 Å². The highest BCUT2D eigenvalue weighted by Crippen LogP contribution is 2.49. The van der Waals surface area contributed by atoms with Crippen LogP contribution in [-0.4, -0.2) is 29.9 Å². The van der Waals surface area contributed by atoms with Crippen molar-refractivity contribution in [2.45, 2.75) is 11.6 Å². The molecule has 2 heterocycles. The van der Waals surface area contributed by atoms with Crippen LogP contribution < -0.4 is 19.6 Å². The van der Waals surface area contributed by atoms with Crippen LogP contribution in [0.1, 0.15) is 5.56 Å². The van der Waals surface area contributed by atoms with E-state index in [0.717, 1.165) is 9.80 Å².